The van der Waals surface area contributed by atoms with Crippen molar-refractivity contribution in [3.05, 3.63) is 0 Å². The Kier molecular flexibility index (Phi) is 22.9. The van der Waals surface area contributed by atoms with Gasteiger partial charge in [0.05, 0.1) is 6.26 Å². The lowest BCUT2D eigenvalue weighted by molar-refractivity contribution is 0.507. The van der Waals surface area contributed by atoms with E-state index in [-0.39, 0.29) is 0 Å². The lowest BCUT2D eigenvalue weighted by atomic mass is 10.0. The van der Waals surface area contributed by atoms with E-state index < -0.39 is 11.2 Å². The minimum absolute atomic E-state index is 0.462. The third kappa shape index (κ3) is 20.8. The van der Waals surface area contributed by atoms with Crippen LogP contribution in [0.25, 0.3) is 0 Å². The predicted octanol–water partition coefficient (Wildman–Crippen LogP) is 8.97. The van der Waals surface area contributed by atoms with Crippen LogP contribution in [0.2, 0.25) is 0 Å². The molecule has 0 aromatic carbocycles. The van der Waals surface area contributed by atoms with Crippen LogP contribution in [-0.4, -0.2) is 16.1 Å². The van der Waals surface area contributed by atoms with Gasteiger partial charge in [0.25, 0.3) is 0 Å². The first-order chi connectivity index (χ1) is 13.2. The lowest BCUT2D eigenvalue weighted by Crippen LogP contribution is -2.19. The fraction of sp³-hybridized carbons (Fsp3) is 1.00. The molecule has 0 saturated heterocycles. The minimum Gasteiger partial charge on any atom is -0.616 e. The Morgan fingerprint density at radius 2 is 0.741 bits per heavy atom. The van der Waals surface area contributed by atoms with E-state index >= 15 is 0 Å². The summed E-state index contributed by atoms with van der Waals surface area (Å²) < 4.78 is 12.0. The van der Waals surface area contributed by atoms with E-state index in [1.165, 1.54) is 135 Å². The number of rotatable bonds is 22. The van der Waals surface area contributed by atoms with Crippen molar-refractivity contribution in [1.29, 1.82) is 0 Å². The van der Waals surface area contributed by atoms with E-state index in [1.54, 1.807) is 0 Å². The maximum atomic E-state index is 12.0. The number of unbranched alkanes of at least 4 members (excludes halogenated alkanes) is 17. The van der Waals surface area contributed by atoms with E-state index in [0.29, 0.717) is 5.25 Å². The molecule has 0 bridgehead atoms. The standard InChI is InChI=1S/C25H52OS/c1-4-6-8-10-12-13-14-15-16-18-20-22-24-25(27(3)26)23-21-19-17-11-9-7-5-2/h25H,4-24H2,1-3H3. The first-order valence-corrected chi connectivity index (χ1v) is 14.2. The van der Waals surface area contributed by atoms with Gasteiger partial charge in [-0.2, -0.15) is 0 Å². The Hall–Kier alpha value is 0.310. The van der Waals surface area contributed by atoms with Gasteiger partial charge in [-0.1, -0.05) is 134 Å². The highest BCUT2D eigenvalue weighted by molar-refractivity contribution is 7.91. The Balaban J connectivity index is 3.41. The molecule has 2 atom stereocenters. The van der Waals surface area contributed by atoms with Crippen molar-refractivity contribution in [2.75, 3.05) is 6.26 Å². The summed E-state index contributed by atoms with van der Waals surface area (Å²) in [7, 11) is 0. The van der Waals surface area contributed by atoms with Gasteiger partial charge in [-0.15, -0.1) is 0 Å². The molecule has 0 heterocycles. The molecular weight excluding hydrogens is 348 g/mol. The summed E-state index contributed by atoms with van der Waals surface area (Å²) in [6.07, 6.45) is 30.7. The zero-order valence-corrected chi connectivity index (χ0v) is 20.1. The lowest BCUT2D eigenvalue weighted by Gasteiger charge is -2.18. The van der Waals surface area contributed by atoms with Gasteiger partial charge in [0.1, 0.15) is 5.25 Å². The fourth-order valence-corrected chi connectivity index (χ4v) is 5.02. The van der Waals surface area contributed by atoms with Crippen LogP contribution in [0.1, 0.15) is 149 Å². The van der Waals surface area contributed by atoms with Crippen molar-refractivity contribution in [1.82, 2.24) is 0 Å². The quantitative estimate of drug-likeness (QED) is 0.131. The first-order valence-electron chi connectivity index (χ1n) is 12.5. The van der Waals surface area contributed by atoms with Crippen LogP contribution >= 0.6 is 0 Å². The van der Waals surface area contributed by atoms with Crippen molar-refractivity contribution in [3.8, 4) is 0 Å². The molecule has 0 spiro atoms. The third-order valence-corrected chi connectivity index (χ3v) is 7.39. The molecule has 0 saturated carbocycles. The van der Waals surface area contributed by atoms with E-state index in [2.05, 4.69) is 13.8 Å². The SMILES string of the molecule is CCCCCCCCCCCCCCC(CCCCCCCCC)[S+](C)[O-]. The van der Waals surface area contributed by atoms with Gasteiger partial charge >= 0.3 is 0 Å². The van der Waals surface area contributed by atoms with Crippen molar-refractivity contribution < 1.29 is 4.55 Å². The molecule has 27 heavy (non-hydrogen) atoms. The predicted molar refractivity (Wildman–Crippen MR) is 126 cm³/mol. The van der Waals surface area contributed by atoms with E-state index in [0.717, 1.165) is 0 Å². The summed E-state index contributed by atoms with van der Waals surface area (Å²) in [5.74, 6) is 0. The smallest absolute Gasteiger partial charge is 0.115 e. The molecule has 0 aromatic heterocycles. The van der Waals surface area contributed by atoms with Crippen molar-refractivity contribution in [3.63, 3.8) is 0 Å². The molecule has 2 unspecified atom stereocenters. The van der Waals surface area contributed by atoms with Crippen molar-refractivity contribution in [2.45, 2.75) is 154 Å². The van der Waals surface area contributed by atoms with E-state index in [4.69, 9.17) is 0 Å². The van der Waals surface area contributed by atoms with Crippen molar-refractivity contribution >= 4 is 11.2 Å². The van der Waals surface area contributed by atoms with E-state index in [9.17, 15) is 4.55 Å². The zero-order valence-electron chi connectivity index (χ0n) is 19.2. The molecule has 0 aliphatic heterocycles. The van der Waals surface area contributed by atoms with Gasteiger partial charge in [0.2, 0.25) is 0 Å². The van der Waals surface area contributed by atoms with Crippen LogP contribution < -0.4 is 0 Å². The summed E-state index contributed by atoms with van der Waals surface area (Å²) in [6.45, 7) is 4.56. The second-order valence-corrected chi connectivity index (χ2v) is 10.4. The molecule has 2 heteroatoms. The average Bonchev–Trinajstić information content (AvgIpc) is 2.66. The zero-order chi connectivity index (χ0) is 20.0. The van der Waals surface area contributed by atoms with Crippen molar-refractivity contribution in [2.24, 2.45) is 0 Å². The van der Waals surface area contributed by atoms with Gasteiger partial charge in [-0.05, 0) is 25.7 Å². The summed E-state index contributed by atoms with van der Waals surface area (Å²) >= 11 is -0.629. The second-order valence-electron chi connectivity index (χ2n) is 8.71. The van der Waals surface area contributed by atoms with Gasteiger partial charge in [-0.3, -0.25) is 0 Å². The Labute approximate surface area is 176 Å². The van der Waals surface area contributed by atoms with Crippen LogP contribution in [0.3, 0.4) is 0 Å². The van der Waals surface area contributed by atoms with Crippen LogP contribution in [0, 0.1) is 0 Å². The molecule has 1 nitrogen and oxygen atoms in total. The molecule has 0 aliphatic carbocycles. The van der Waals surface area contributed by atoms with E-state index in [1.807, 2.05) is 6.26 Å². The van der Waals surface area contributed by atoms with Crippen LogP contribution in [-0.2, 0) is 11.2 Å². The highest BCUT2D eigenvalue weighted by Crippen LogP contribution is 2.19. The fourth-order valence-electron chi connectivity index (χ4n) is 4.02. The van der Waals surface area contributed by atoms with Gasteiger partial charge in [0.15, 0.2) is 0 Å². The first kappa shape index (κ1) is 27.3. The van der Waals surface area contributed by atoms with Crippen LogP contribution in [0.5, 0.6) is 0 Å². The normalized spacial score (nSPS) is 13.8. The number of hydrogen-bond donors (Lipinski definition) is 0. The largest absolute Gasteiger partial charge is 0.616 e. The monoisotopic (exact) mass is 400 g/mol. The van der Waals surface area contributed by atoms with Gasteiger partial charge in [0, 0.05) is 0 Å². The summed E-state index contributed by atoms with van der Waals surface area (Å²) in [5, 5.41) is 0.462. The summed E-state index contributed by atoms with van der Waals surface area (Å²) in [6, 6.07) is 0. The Morgan fingerprint density at radius 1 is 0.481 bits per heavy atom. The molecule has 0 radical (unpaired) electrons. The minimum atomic E-state index is -0.629. The maximum Gasteiger partial charge on any atom is 0.115 e. The Bertz CT molecular complexity index is 267. The highest BCUT2D eigenvalue weighted by Gasteiger charge is 2.17. The molecule has 0 rings (SSSR count). The second kappa shape index (κ2) is 22.6. The third-order valence-electron chi connectivity index (χ3n) is 5.98. The number of hydrogen-bond acceptors (Lipinski definition) is 1. The maximum absolute atomic E-state index is 12.0. The van der Waals surface area contributed by atoms with Gasteiger partial charge in [-0.25, -0.2) is 0 Å². The van der Waals surface area contributed by atoms with Crippen LogP contribution in [0.15, 0.2) is 0 Å². The molecular formula is C25H52OS. The topological polar surface area (TPSA) is 23.1 Å². The average molecular weight is 401 g/mol. The summed E-state index contributed by atoms with van der Waals surface area (Å²) in [5.41, 5.74) is 0. The molecule has 0 fully saturated rings. The molecule has 0 N–H and O–H groups in total. The Morgan fingerprint density at radius 3 is 1.00 bits per heavy atom. The molecule has 0 amide bonds. The van der Waals surface area contributed by atoms with Gasteiger partial charge < -0.3 is 4.55 Å². The molecule has 0 aromatic rings. The molecule has 164 valence electrons. The van der Waals surface area contributed by atoms with Crippen LogP contribution in [0.4, 0.5) is 0 Å². The molecule has 0 aliphatic rings. The highest BCUT2D eigenvalue weighted by atomic mass is 32.2. The summed E-state index contributed by atoms with van der Waals surface area (Å²) in [4.78, 5) is 0.